The van der Waals surface area contributed by atoms with Crippen LogP contribution in [0.15, 0.2) is 18.2 Å². The highest BCUT2D eigenvalue weighted by atomic mass is 16.6. The maximum absolute atomic E-state index is 11.0. The standard InChI is InChI=1S/C9H9NO3/c10-9(11)6-2-1-3-7-8(6)13-5-4-12-7/h1-3H,4-5H2,(H2,10,11). The lowest BCUT2D eigenvalue weighted by Crippen LogP contribution is -2.20. The van der Waals surface area contributed by atoms with Gasteiger partial charge >= 0.3 is 0 Å². The number of carbonyl (C=O) groups excluding carboxylic acids is 1. The number of para-hydroxylation sites is 1. The first kappa shape index (κ1) is 7.91. The van der Waals surface area contributed by atoms with Gasteiger partial charge in [0.1, 0.15) is 13.2 Å². The molecule has 0 spiro atoms. The number of hydrogen-bond donors (Lipinski definition) is 1. The van der Waals surface area contributed by atoms with Crippen molar-refractivity contribution in [3.63, 3.8) is 0 Å². The van der Waals surface area contributed by atoms with E-state index in [1.807, 2.05) is 0 Å². The fourth-order valence-corrected chi connectivity index (χ4v) is 1.27. The molecule has 1 heterocycles. The second-order valence-corrected chi connectivity index (χ2v) is 2.69. The van der Waals surface area contributed by atoms with Crippen LogP contribution in [0, 0.1) is 0 Å². The largest absolute Gasteiger partial charge is 0.486 e. The fourth-order valence-electron chi connectivity index (χ4n) is 1.27. The molecule has 0 radical (unpaired) electrons. The Labute approximate surface area is 75.2 Å². The van der Waals surface area contributed by atoms with E-state index in [2.05, 4.69) is 0 Å². The summed E-state index contributed by atoms with van der Waals surface area (Å²) < 4.78 is 10.6. The zero-order chi connectivity index (χ0) is 9.26. The molecule has 1 aliphatic heterocycles. The monoisotopic (exact) mass is 179 g/mol. The maximum Gasteiger partial charge on any atom is 0.252 e. The average molecular weight is 179 g/mol. The summed E-state index contributed by atoms with van der Waals surface area (Å²) in [6, 6.07) is 5.09. The van der Waals surface area contributed by atoms with Crippen LogP contribution < -0.4 is 15.2 Å². The Balaban J connectivity index is 2.52. The predicted octanol–water partition coefficient (Wildman–Crippen LogP) is 0.557. The third-order valence-corrected chi connectivity index (χ3v) is 1.83. The molecule has 0 saturated heterocycles. The lowest BCUT2D eigenvalue weighted by molar-refractivity contribution is 0.0989. The van der Waals surface area contributed by atoms with Crippen LogP contribution in [0.4, 0.5) is 0 Å². The Hall–Kier alpha value is -1.71. The number of benzene rings is 1. The highest BCUT2D eigenvalue weighted by Gasteiger charge is 2.17. The molecule has 1 aromatic carbocycles. The van der Waals surface area contributed by atoms with E-state index in [0.717, 1.165) is 0 Å². The van der Waals surface area contributed by atoms with E-state index < -0.39 is 5.91 Å². The van der Waals surface area contributed by atoms with Gasteiger partial charge in [0, 0.05) is 0 Å². The number of primary amides is 1. The van der Waals surface area contributed by atoms with Crippen molar-refractivity contribution in [1.82, 2.24) is 0 Å². The van der Waals surface area contributed by atoms with Crippen molar-refractivity contribution in [3.05, 3.63) is 23.8 Å². The van der Waals surface area contributed by atoms with Crippen molar-refractivity contribution >= 4 is 5.91 Å². The van der Waals surface area contributed by atoms with Crippen molar-refractivity contribution in [1.29, 1.82) is 0 Å². The molecule has 4 heteroatoms. The summed E-state index contributed by atoms with van der Waals surface area (Å²) in [5.41, 5.74) is 5.54. The van der Waals surface area contributed by atoms with E-state index in [4.69, 9.17) is 15.2 Å². The zero-order valence-corrected chi connectivity index (χ0v) is 6.95. The van der Waals surface area contributed by atoms with Crippen LogP contribution in [0.5, 0.6) is 11.5 Å². The fraction of sp³-hybridized carbons (Fsp3) is 0.222. The average Bonchev–Trinajstić information content (AvgIpc) is 2.17. The van der Waals surface area contributed by atoms with E-state index in [1.54, 1.807) is 18.2 Å². The van der Waals surface area contributed by atoms with Crippen LogP contribution in [0.1, 0.15) is 10.4 Å². The summed E-state index contributed by atoms with van der Waals surface area (Å²) in [5.74, 6) is 0.547. The molecule has 68 valence electrons. The first-order valence-corrected chi connectivity index (χ1v) is 3.97. The highest BCUT2D eigenvalue weighted by Crippen LogP contribution is 2.32. The molecule has 0 bridgehead atoms. The van der Waals surface area contributed by atoms with Crippen LogP contribution in [0.3, 0.4) is 0 Å². The Bertz CT molecular complexity index is 349. The molecule has 2 N–H and O–H groups in total. The zero-order valence-electron chi connectivity index (χ0n) is 6.95. The second-order valence-electron chi connectivity index (χ2n) is 2.69. The Morgan fingerprint density at radius 1 is 1.31 bits per heavy atom. The van der Waals surface area contributed by atoms with Gasteiger partial charge in [-0.2, -0.15) is 0 Å². The van der Waals surface area contributed by atoms with Crippen LogP contribution in [0.2, 0.25) is 0 Å². The highest BCUT2D eigenvalue weighted by molar-refractivity contribution is 5.96. The lowest BCUT2D eigenvalue weighted by atomic mass is 10.1. The SMILES string of the molecule is NC(=O)c1cccc2c1OCCO2. The normalized spacial score (nSPS) is 13.8. The molecule has 1 amide bonds. The molecule has 1 aliphatic rings. The number of amides is 1. The van der Waals surface area contributed by atoms with E-state index >= 15 is 0 Å². The number of carbonyl (C=O) groups is 1. The van der Waals surface area contributed by atoms with Crippen molar-refractivity contribution in [3.8, 4) is 11.5 Å². The maximum atomic E-state index is 11.0. The van der Waals surface area contributed by atoms with Crippen molar-refractivity contribution < 1.29 is 14.3 Å². The van der Waals surface area contributed by atoms with E-state index in [9.17, 15) is 4.79 Å². The van der Waals surface area contributed by atoms with Crippen LogP contribution in [-0.2, 0) is 0 Å². The van der Waals surface area contributed by atoms with Gasteiger partial charge in [-0.25, -0.2) is 0 Å². The summed E-state index contributed by atoms with van der Waals surface area (Å²) >= 11 is 0. The van der Waals surface area contributed by atoms with E-state index in [1.165, 1.54) is 0 Å². The molecular weight excluding hydrogens is 170 g/mol. The van der Waals surface area contributed by atoms with Gasteiger partial charge in [0.15, 0.2) is 11.5 Å². The number of ether oxygens (including phenoxy) is 2. The summed E-state index contributed by atoms with van der Waals surface area (Å²) in [6.45, 7) is 0.965. The number of rotatable bonds is 1. The quantitative estimate of drug-likeness (QED) is 0.685. The number of hydrogen-bond acceptors (Lipinski definition) is 3. The molecule has 2 rings (SSSR count). The van der Waals surface area contributed by atoms with Crippen LogP contribution in [0.25, 0.3) is 0 Å². The summed E-state index contributed by atoms with van der Waals surface area (Å²) in [6.07, 6.45) is 0. The molecular formula is C9H9NO3. The summed E-state index contributed by atoms with van der Waals surface area (Å²) in [5, 5.41) is 0. The molecule has 13 heavy (non-hydrogen) atoms. The van der Waals surface area contributed by atoms with Gasteiger partial charge in [-0.05, 0) is 12.1 Å². The second kappa shape index (κ2) is 2.97. The third kappa shape index (κ3) is 1.30. The van der Waals surface area contributed by atoms with Crippen molar-refractivity contribution in [2.45, 2.75) is 0 Å². The van der Waals surface area contributed by atoms with Gasteiger partial charge in [0.25, 0.3) is 5.91 Å². The van der Waals surface area contributed by atoms with E-state index in [0.29, 0.717) is 30.3 Å². The molecule has 0 aromatic heterocycles. The molecule has 4 nitrogen and oxygen atoms in total. The lowest BCUT2D eigenvalue weighted by Gasteiger charge is -2.19. The Kier molecular flexibility index (Phi) is 1.81. The predicted molar refractivity (Wildman–Crippen MR) is 45.9 cm³/mol. The Morgan fingerprint density at radius 2 is 2.08 bits per heavy atom. The summed E-state index contributed by atoms with van der Waals surface area (Å²) in [7, 11) is 0. The third-order valence-electron chi connectivity index (χ3n) is 1.83. The molecule has 0 unspecified atom stereocenters. The van der Waals surface area contributed by atoms with Gasteiger partial charge in [-0.3, -0.25) is 4.79 Å². The molecule has 0 aliphatic carbocycles. The Morgan fingerprint density at radius 3 is 2.85 bits per heavy atom. The smallest absolute Gasteiger partial charge is 0.252 e. The topological polar surface area (TPSA) is 61.6 Å². The molecule has 1 aromatic rings. The molecule has 0 fully saturated rings. The van der Waals surface area contributed by atoms with Gasteiger partial charge in [-0.1, -0.05) is 6.07 Å². The minimum atomic E-state index is -0.498. The van der Waals surface area contributed by atoms with Gasteiger partial charge in [0.2, 0.25) is 0 Å². The van der Waals surface area contributed by atoms with Gasteiger partial charge in [0.05, 0.1) is 5.56 Å². The van der Waals surface area contributed by atoms with Crippen LogP contribution >= 0.6 is 0 Å². The van der Waals surface area contributed by atoms with Crippen LogP contribution in [-0.4, -0.2) is 19.1 Å². The van der Waals surface area contributed by atoms with Crippen molar-refractivity contribution in [2.24, 2.45) is 5.73 Å². The first-order chi connectivity index (χ1) is 6.29. The van der Waals surface area contributed by atoms with E-state index in [-0.39, 0.29) is 0 Å². The van der Waals surface area contributed by atoms with Crippen molar-refractivity contribution in [2.75, 3.05) is 13.2 Å². The summed E-state index contributed by atoms with van der Waals surface area (Å²) in [4.78, 5) is 11.0. The molecule has 0 saturated carbocycles. The minimum Gasteiger partial charge on any atom is -0.486 e. The number of fused-ring (bicyclic) bond motifs is 1. The molecule has 0 atom stereocenters. The number of nitrogens with two attached hydrogens (primary N) is 1. The minimum absolute atomic E-state index is 0.372. The van der Waals surface area contributed by atoms with Gasteiger partial charge < -0.3 is 15.2 Å². The first-order valence-electron chi connectivity index (χ1n) is 3.97. The van der Waals surface area contributed by atoms with Gasteiger partial charge in [-0.15, -0.1) is 0 Å².